The summed E-state index contributed by atoms with van der Waals surface area (Å²) in [6.45, 7) is 4.46. The van der Waals surface area contributed by atoms with Gasteiger partial charge in [-0.1, -0.05) is 13.8 Å². The second-order valence-electron chi connectivity index (χ2n) is 6.26. The van der Waals surface area contributed by atoms with E-state index in [4.69, 9.17) is 5.73 Å². The molecule has 0 saturated heterocycles. The molecule has 1 fully saturated rings. The van der Waals surface area contributed by atoms with Crippen molar-refractivity contribution in [3.8, 4) is 0 Å². The first kappa shape index (κ1) is 15.5. The predicted octanol–water partition coefficient (Wildman–Crippen LogP) is 1.97. The van der Waals surface area contributed by atoms with Crippen molar-refractivity contribution in [3.63, 3.8) is 0 Å². The Balaban J connectivity index is 2.27. The molecule has 1 aliphatic rings. The topological polar surface area (TPSA) is 88.3 Å². The average molecular weight is 318 g/mol. The first-order valence-electron chi connectivity index (χ1n) is 6.58. The number of nitrogens with zero attached hydrogens (tertiary/aromatic N) is 2. The lowest BCUT2D eigenvalue weighted by molar-refractivity contribution is 0.378. The zero-order valence-electron chi connectivity index (χ0n) is 12.3. The van der Waals surface area contributed by atoms with Crippen molar-refractivity contribution >= 4 is 32.4 Å². The van der Waals surface area contributed by atoms with E-state index in [1.165, 1.54) is 14.1 Å². The molecule has 1 atom stereocenters. The van der Waals surface area contributed by atoms with Crippen molar-refractivity contribution < 1.29 is 8.42 Å². The predicted molar refractivity (Wildman–Crippen MR) is 82.4 cm³/mol. The molecule has 1 aromatic heterocycles. The molecule has 2 rings (SSSR count). The Morgan fingerprint density at radius 1 is 1.45 bits per heavy atom. The number of nitrogen functional groups attached to an aromatic ring is 1. The van der Waals surface area contributed by atoms with E-state index in [-0.39, 0.29) is 16.8 Å². The molecule has 114 valence electrons. The highest BCUT2D eigenvalue weighted by atomic mass is 32.2. The number of nitrogens with two attached hydrogens (primary N) is 1. The first-order valence-corrected chi connectivity index (χ1v) is 8.79. The van der Waals surface area contributed by atoms with Gasteiger partial charge in [0.1, 0.15) is 5.00 Å². The Labute approximate surface area is 124 Å². The lowest BCUT2D eigenvalue weighted by atomic mass is 9.92. The Morgan fingerprint density at radius 3 is 2.60 bits per heavy atom. The van der Waals surface area contributed by atoms with Crippen LogP contribution in [-0.2, 0) is 10.0 Å². The van der Waals surface area contributed by atoms with Gasteiger partial charge in [0.25, 0.3) is 0 Å². The highest BCUT2D eigenvalue weighted by Gasteiger charge is 2.34. The number of hydrogen-bond acceptors (Lipinski definition) is 6. The summed E-state index contributed by atoms with van der Waals surface area (Å²) in [5.74, 6) is 0.0726. The summed E-state index contributed by atoms with van der Waals surface area (Å²) in [5, 5.41) is 3.87. The molecule has 1 aromatic rings. The number of anilines is 2. The van der Waals surface area contributed by atoms with Gasteiger partial charge < -0.3 is 11.1 Å². The highest BCUT2D eigenvalue weighted by molar-refractivity contribution is 7.89. The minimum atomic E-state index is -3.57. The quantitative estimate of drug-likeness (QED) is 0.886. The third kappa shape index (κ3) is 2.91. The molecule has 3 N–H and O–H groups in total. The largest absolute Gasteiger partial charge is 0.382 e. The van der Waals surface area contributed by atoms with E-state index in [1.54, 1.807) is 0 Å². The van der Waals surface area contributed by atoms with Crippen molar-refractivity contribution in [3.05, 3.63) is 0 Å². The normalized spacial score (nSPS) is 22.4. The number of aromatic nitrogens is 1. The van der Waals surface area contributed by atoms with E-state index in [0.717, 1.165) is 35.1 Å². The van der Waals surface area contributed by atoms with Gasteiger partial charge in [-0.3, -0.25) is 0 Å². The van der Waals surface area contributed by atoms with E-state index >= 15 is 0 Å². The van der Waals surface area contributed by atoms with Gasteiger partial charge in [-0.2, -0.15) is 4.37 Å². The standard InChI is InChI=1S/C12H22N4O2S2/c1-12(2)6-5-8(7-12)14-11-9(10(13)15-19-11)20(17,18)16(3)4/h8,14H,5-7H2,1-4H3,(H2,13,15). The average Bonchev–Trinajstić information content (AvgIpc) is 2.83. The maximum atomic E-state index is 12.3. The van der Waals surface area contributed by atoms with Gasteiger partial charge in [0, 0.05) is 20.1 Å². The lowest BCUT2D eigenvalue weighted by Crippen LogP contribution is -2.25. The Morgan fingerprint density at radius 2 is 2.10 bits per heavy atom. The van der Waals surface area contributed by atoms with Crippen molar-refractivity contribution in [2.45, 2.75) is 44.0 Å². The van der Waals surface area contributed by atoms with Gasteiger partial charge in [0.15, 0.2) is 10.7 Å². The third-order valence-electron chi connectivity index (χ3n) is 3.72. The van der Waals surface area contributed by atoms with Crippen LogP contribution in [0.2, 0.25) is 0 Å². The lowest BCUT2D eigenvalue weighted by Gasteiger charge is -2.19. The van der Waals surface area contributed by atoms with Crippen LogP contribution in [0, 0.1) is 5.41 Å². The second-order valence-corrected chi connectivity index (χ2v) is 9.12. The second kappa shape index (κ2) is 5.16. The van der Waals surface area contributed by atoms with Crippen molar-refractivity contribution in [1.29, 1.82) is 0 Å². The van der Waals surface area contributed by atoms with Crippen molar-refractivity contribution in [2.24, 2.45) is 5.41 Å². The van der Waals surface area contributed by atoms with E-state index in [2.05, 4.69) is 23.5 Å². The minimum Gasteiger partial charge on any atom is -0.382 e. The highest BCUT2D eigenvalue weighted by Crippen LogP contribution is 2.40. The number of rotatable bonds is 4. The molecule has 20 heavy (non-hydrogen) atoms. The molecule has 0 spiro atoms. The van der Waals surface area contributed by atoms with Crippen LogP contribution in [0.5, 0.6) is 0 Å². The third-order valence-corrected chi connectivity index (χ3v) is 6.53. The van der Waals surface area contributed by atoms with Crippen LogP contribution in [-0.4, -0.2) is 37.2 Å². The van der Waals surface area contributed by atoms with Crippen molar-refractivity contribution in [2.75, 3.05) is 25.1 Å². The molecule has 0 aliphatic heterocycles. The van der Waals surface area contributed by atoms with Crippen molar-refractivity contribution in [1.82, 2.24) is 8.68 Å². The molecule has 0 radical (unpaired) electrons. The molecular weight excluding hydrogens is 296 g/mol. The van der Waals surface area contributed by atoms with Gasteiger partial charge in [0.05, 0.1) is 0 Å². The number of hydrogen-bond donors (Lipinski definition) is 2. The molecule has 8 heteroatoms. The minimum absolute atomic E-state index is 0.0726. The Kier molecular flexibility index (Phi) is 4.01. The molecule has 6 nitrogen and oxygen atoms in total. The number of sulfonamides is 1. The van der Waals surface area contributed by atoms with Crippen LogP contribution in [0.15, 0.2) is 4.90 Å². The molecule has 0 amide bonds. The molecule has 1 aliphatic carbocycles. The van der Waals surface area contributed by atoms with Gasteiger partial charge >= 0.3 is 0 Å². The van der Waals surface area contributed by atoms with Crippen LogP contribution in [0.1, 0.15) is 33.1 Å². The maximum Gasteiger partial charge on any atom is 0.249 e. The summed E-state index contributed by atoms with van der Waals surface area (Å²) in [4.78, 5) is 0.109. The van der Waals surface area contributed by atoms with E-state index in [9.17, 15) is 8.42 Å². The summed E-state index contributed by atoms with van der Waals surface area (Å²) >= 11 is 1.12. The molecule has 1 unspecified atom stereocenters. The van der Waals surface area contributed by atoms with Crippen LogP contribution < -0.4 is 11.1 Å². The molecule has 0 aromatic carbocycles. The Bertz CT molecular complexity index is 593. The fourth-order valence-corrected chi connectivity index (χ4v) is 4.70. The molecular formula is C12H22N4O2S2. The molecule has 1 heterocycles. The summed E-state index contributed by atoms with van der Waals surface area (Å²) in [6.07, 6.45) is 3.19. The summed E-state index contributed by atoms with van der Waals surface area (Å²) in [5.41, 5.74) is 6.05. The van der Waals surface area contributed by atoms with Crippen LogP contribution in [0.25, 0.3) is 0 Å². The first-order chi connectivity index (χ1) is 9.13. The summed E-state index contributed by atoms with van der Waals surface area (Å²) in [7, 11) is -0.582. The monoisotopic (exact) mass is 318 g/mol. The van der Waals surface area contributed by atoms with E-state index in [1.807, 2.05) is 0 Å². The zero-order chi connectivity index (χ0) is 15.1. The van der Waals surface area contributed by atoms with Gasteiger partial charge in [-0.25, -0.2) is 12.7 Å². The SMILES string of the molecule is CN(C)S(=O)(=O)c1c(N)nsc1NC1CCC(C)(C)C1. The fraction of sp³-hybridized carbons (Fsp3) is 0.750. The van der Waals surface area contributed by atoms with Gasteiger partial charge in [-0.15, -0.1) is 0 Å². The smallest absolute Gasteiger partial charge is 0.249 e. The Hall–Kier alpha value is -0.860. The van der Waals surface area contributed by atoms with Gasteiger partial charge in [-0.05, 0) is 36.2 Å². The van der Waals surface area contributed by atoms with E-state index in [0.29, 0.717) is 10.4 Å². The van der Waals surface area contributed by atoms with E-state index < -0.39 is 10.0 Å². The number of nitrogens with one attached hydrogen (secondary N) is 1. The molecule has 1 saturated carbocycles. The fourth-order valence-electron chi connectivity index (χ4n) is 2.56. The molecule has 0 bridgehead atoms. The van der Waals surface area contributed by atoms with Crippen LogP contribution >= 0.6 is 11.5 Å². The van der Waals surface area contributed by atoms with Gasteiger partial charge in [0.2, 0.25) is 10.0 Å². The van der Waals surface area contributed by atoms with Crippen LogP contribution in [0.3, 0.4) is 0 Å². The zero-order valence-corrected chi connectivity index (χ0v) is 13.9. The van der Waals surface area contributed by atoms with Crippen LogP contribution in [0.4, 0.5) is 10.8 Å². The summed E-state index contributed by atoms with van der Waals surface area (Å²) < 4.78 is 29.8. The maximum absolute atomic E-state index is 12.3. The summed E-state index contributed by atoms with van der Waals surface area (Å²) in [6, 6.07) is 0.279.